The highest BCUT2D eigenvalue weighted by molar-refractivity contribution is 5.92. The SMILES string of the molecule is CNC(=O)c1cc(NCC(O)C(N)=O)ccn1. The number of carbonyl (C=O) groups is 2. The van der Waals surface area contributed by atoms with Crippen molar-refractivity contribution in [2.75, 3.05) is 18.9 Å². The normalized spacial score (nSPS) is 11.6. The summed E-state index contributed by atoms with van der Waals surface area (Å²) in [7, 11) is 1.50. The Kier molecular flexibility index (Phi) is 4.41. The molecular formula is C10H14N4O3. The maximum atomic E-state index is 11.3. The Morgan fingerprint density at radius 2 is 2.29 bits per heavy atom. The van der Waals surface area contributed by atoms with Gasteiger partial charge in [-0.1, -0.05) is 0 Å². The zero-order valence-corrected chi connectivity index (χ0v) is 9.30. The van der Waals surface area contributed by atoms with E-state index in [0.29, 0.717) is 5.69 Å². The molecule has 0 bridgehead atoms. The van der Waals surface area contributed by atoms with E-state index in [2.05, 4.69) is 15.6 Å². The van der Waals surface area contributed by atoms with Crippen LogP contribution >= 0.6 is 0 Å². The lowest BCUT2D eigenvalue weighted by Gasteiger charge is -2.10. The fourth-order valence-electron chi connectivity index (χ4n) is 1.11. The number of nitrogens with one attached hydrogen (secondary N) is 2. The molecule has 0 spiro atoms. The van der Waals surface area contributed by atoms with Crippen molar-refractivity contribution in [2.45, 2.75) is 6.10 Å². The number of amides is 2. The lowest BCUT2D eigenvalue weighted by molar-refractivity contribution is -0.125. The second-order valence-electron chi connectivity index (χ2n) is 3.31. The largest absolute Gasteiger partial charge is 0.382 e. The van der Waals surface area contributed by atoms with E-state index in [-0.39, 0.29) is 18.1 Å². The molecule has 1 rings (SSSR count). The molecule has 0 radical (unpaired) electrons. The van der Waals surface area contributed by atoms with E-state index in [9.17, 15) is 14.7 Å². The molecule has 0 aromatic carbocycles. The third kappa shape index (κ3) is 3.72. The van der Waals surface area contributed by atoms with Crippen LogP contribution in [0.4, 0.5) is 5.69 Å². The fourth-order valence-corrected chi connectivity index (χ4v) is 1.11. The first-order chi connectivity index (χ1) is 8.04. The third-order valence-electron chi connectivity index (χ3n) is 2.05. The minimum atomic E-state index is -1.27. The van der Waals surface area contributed by atoms with Crippen molar-refractivity contribution < 1.29 is 14.7 Å². The van der Waals surface area contributed by atoms with Gasteiger partial charge in [-0.05, 0) is 12.1 Å². The van der Waals surface area contributed by atoms with Crippen molar-refractivity contribution in [3.05, 3.63) is 24.0 Å². The van der Waals surface area contributed by atoms with Gasteiger partial charge in [0.1, 0.15) is 11.8 Å². The number of pyridine rings is 1. The highest BCUT2D eigenvalue weighted by Crippen LogP contribution is 2.07. The molecule has 7 heteroatoms. The second kappa shape index (κ2) is 5.80. The van der Waals surface area contributed by atoms with E-state index in [1.807, 2.05) is 0 Å². The minimum absolute atomic E-state index is 0.0213. The predicted octanol–water partition coefficient (Wildman–Crippen LogP) is -1.30. The summed E-state index contributed by atoms with van der Waals surface area (Å²) in [5.74, 6) is -1.12. The molecule has 2 amide bonds. The van der Waals surface area contributed by atoms with Gasteiger partial charge in [0.2, 0.25) is 5.91 Å². The van der Waals surface area contributed by atoms with Crippen molar-refractivity contribution >= 4 is 17.5 Å². The Morgan fingerprint density at radius 1 is 1.59 bits per heavy atom. The Balaban J connectivity index is 2.66. The number of nitrogens with zero attached hydrogens (tertiary/aromatic N) is 1. The van der Waals surface area contributed by atoms with E-state index >= 15 is 0 Å². The van der Waals surface area contributed by atoms with Gasteiger partial charge in [-0.2, -0.15) is 0 Å². The van der Waals surface area contributed by atoms with E-state index in [1.54, 1.807) is 6.07 Å². The van der Waals surface area contributed by atoms with Gasteiger partial charge in [0, 0.05) is 25.5 Å². The van der Waals surface area contributed by atoms with Gasteiger partial charge in [-0.25, -0.2) is 0 Å². The summed E-state index contributed by atoms with van der Waals surface area (Å²) in [6.07, 6.45) is 0.176. The molecule has 1 unspecified atom stereocenters. The molecule has 0 saturated heterocycles. The summed E-state index contributed by atoms with van der Waals surface area (Å²) in [6.45, 7) is -0.0213. The standard InChI is InChI=1S/C10H14N4O3/c1-12-10(17)7-4-6(2-3-13-7)14-5-8(15)9(11)16/h2-4,8,15H,5H2,1H3,(H2,11,16)(H,12,17)(H,13,14). The summed E-state index contributed by atoms with van der Waals surface area (Å²) in [4.78, 5) is 25.8. The fraction of sp³-hybridized carbons (Fsp3) is 0.300. The number of primary amides is 1. The number of aromatic nitrogens is 1. The molecule has 1 aromatic rings. The molecule has 0 saturated carbocycles. The number of aliphatic hydroxyl groups is 1. The molecule has 1 atom stereocenters. The number of nitrogens with two attached hydrogens (primary N) is 1. The molecule has 17 heavy (non-hydrogen) atoms. The number of carbonyl (C=O) groups excluding carboxylic acids is 2. The van der Waals surface area contributed by atoms with Gasteiger partial charge in [0.15, 0.2) is 0 Å². The van der Waals surface area contributed by atoms with Crippen LogP contribution < -0.4 is 16.4 Å². The average Bonchev–Trinajstić information content (AvgIpc) is 2.35. The molecule has 0 aliphatic heterocycles. The van der Waals surface area contributed by atoms with Gasteiger partial charge in [0.05, 0.1) is 0 Å². The van der Waals surface area contributed by atoms with Crippen LogP contribution in [-0.2, 0) is 4.79 Å². The monoisotopic (exact) mass is 238 g/mol. The van der Waals surface area contributed by atoms with Crippen LogP contribution in [0, 0.1) is 0 Å². The quantitative estimate of drug-likeness (QED) is 0.508. The summed E-state index contributed by atoms with van der Waals surface area (Å²) in [5, 5.41) is 14.4. The van der Waals surface area contributed by atoms with Crippen LogP contribution in [0.5, 0.6) is 0 Å². The Bertz CT molecular complexity index is 422. The van der Waals surface area contributed by atoms with E-state index in [1.165, 1.54) is 19.3 Å². The molecule has 92 valence electrons. The highest BCUT2D eigenvalue weighted by Gasteiger charge is 2.10. The number of anilines is 1. The summed E-state index contributed by atoms with van der Waals surface area (Å²) >= 11 is 0. The van der Waals surface area contributed by atoms with Crippen LogP contribution in [0.1, 0.15) is 10.5 Å². The van der Waals surface area contributed by atoms with E-state index in [4.69, 9.17) is 5.73 Å². The summed E-state index contributed by atoms with van der Waals surface area (Å²) < 4.78 is 0. The Labute approximate surface area is 98.0 Å². The first kappa shape index (κ1) is 12.9. The zero-order valence-electron chi connectivity index (χ0n) is 9.30. The van der Waals surface area contributed by atoms with E-state index in [0.717, 1.165) is 0 Å². The third-order valence-corrected chi connectivity index (χ3v) is 2.05. The summed E-state index contributed by atoms with van der Waals surface area (Å²) in [5.41, 5.74) is 5.70. The van der Waals surface area contributed by atoms with Gasteiger partial charge in [0.25, 0.3) is 5.91 Å². The molecule has 1 heterocycles. The molecule has 5 N–H and O–H groups in total. The number of hydrogen-bond donors (Lipinski definition) is 4. The van der Waals surface area contributed by atoms with Gasteiger partial charge in [-0.3, -0.25) is 14.6 Å². The van der Waals surface area contributed by atoms with Crippen LogP contribution in [0.25, 0.3) is 0 Å². The van der Waals surface area contributed by atoms with Gasteiger partial charge in [-0.15, -0.1) is 0 Å². The van der Waals surface area contributed by atoms with Crippen LogP contribution in [-0.4, -0.2) is 41.6 Å². The molecule has 0 aliphatic carbocycles. The molecule has 1 aromatic heterocycles. The van der Waals surface area contributed by atoms with Crippen LogP contribution in [0.2, 0.25) is 0 Å². The number of rotatable bonds is 5. The van der Waals surface area contributed by atoms with E-state index < -0.39 is 12.0 Å². The van der Waals surface area contributed by atoms with Gasteiger partial charge >= 0.3 is 0 Å². The van der Waals surface area contributed by atoms with Crippen molar-refractivity contribution in [3.63, 3.8) is 0 Å². The topological polar surface area (TPSA) is 117 Å². The maximum Gasteiger partial charge on any atom is 0.269 e. The highest BCUT2D eigenvalue weighted by atomic mass is 16.3. The second-order valence-corrected chi connectivity index (χ2v) is 3.31. The molecule has 0 aliphatic rings. The predicted molar refractivity (Wildman–Crippen MR) is 61.3 cm³/mol. The van der Waals surface area contributed by atoms with Crippen molar-refractivity contribution in [1.29, 1.82) is 0 Å². The number of hydrogen-bond acceptors (Lipinski definition) is 5. The lowest BCUT2D eigenvalue weighted by Crippen LogP contribution is -2.34. The zero-order chi connectivity index (χ0) is 12.8. The van der Waals surface area contributed by atoms with Crippen molar-refractivity contribution in [2.24, 2.45) is 5.73 Å². The lowest BCUT2D eigenvalue weighted by atomic mass is 10.3. The Morgan fingerprint density at radius 3 is 2.88 bits per heavy atom. The summed E-state index contributed by atoms with van der Waals surface area (Å²) in [6, 6.07) is 3.12. The maximum absolute atomic E-state index is 11.3. The average molecular weight is 238 g/mol. The number of aliphatic hydroxyl groups excluding tert-OH is 1. The van der Waals surface area contributed by atoms with Crippen molar-refractivity contribution in [3.8, 4) is 0 Å². The first-order valence-electron chi connectivity index (χ1n) is 4.94. The molecular weight excluding hydrogens is 224 g/mol. The van der Waals surface area contributed by atoms with Crippen LogP contribution in [0.3, 0.4) is 0 Å². The van der Waals surface area contributed by atoms with Crippen molar-refractivity contribution in [1.82, 2.24) is 10.3 Å². The smallest absolute Gasteiger partial charge is 0.269 e. The van der Waals surface area contributed by atoms with Gasteiger partial charge < -0.3 is 21.5 Å². The van der Waals surface area contributed by atoms with Crippen LogP contribution in [0.15, 0.2) is 18.3 Å². The first-order valence-corrected chi connectivity index (χ1v) is 4.94. The minimum Gasteiger partial charge on any atom is -0.382 e. The Hall–Kier alpha value is -2.15. The molecule has 0 fully saturated rings. The molecule has 7 nitrogen and oxygen atoms in total.